The Morgan fingerprint density at radius 3 is 2.44 bits per heavy atom. The first-order valence-electron chi connectivity index (χ1n) is 5.83. The Hall–Kier alpha value is -1.39. The minimum Gasteiger partial charge on any atom is -0.288 e. The van der Waals surface area contributed by atoms with Crippen molar-refractivity contribution in [3.8, 4) is 0 Å². The summed E-state index contributed by atoms with van der Waals surface area (Å²) in [5, 5.41) is 4.82. The second-order valence-electron chi connectivity index (χ2n) is 4.62. The molecule has 2 amide bonds. The summed E-state index contributed by atoms with van der Waals surface area (Å²) in [5.74, 6) is 0.347. The molecule has 2 atom stereocenters. The van der Waals surface area contributed by atoms with Gasteiger partial charge >= 0.3 is 11.8 Å². The van der Waals surface area contributed by atoms with Crippen LogP contribution in [0.15, 0.2) is 4.99 Å². The van der Waals surface area contributed by atoms with E-state index in [1.807, 2.05) is 0 Å². The Morgan fingerprint density at radius 2 is 1.81 bits per heavy atom. The molecule has 2 unspecified atom stereocenters. The maximum atomic E-state index is 10.9. The second-order valence-corrected chi connectivity index (χ2v) is 4.62. The van der Waals surface area contributed by atoms with Gasteiger partial charge in [0.05, 0.1) is 0 Å². The molecule has 0 radical (unpaired) electrons. The van der Waals surface area contributed by atoms with Gasteiger partial charge in [-0.2, -0.15) is 0 Å². The molecule has 1 saturated heterocycles. The topological polar surface area (TPSA) is 70.6 Å². The Labute approximate surface area is 94.7 Å². The summed E-state index contributed by atoms with van der Waals surface area (Å²) in [6.07, 6.45) is 5.02. The van der Waals surface area contributed by atoms with Crippen LogP contribution in [0.4, 0.5) is 0 Å². The fourth-order valence-corrected chi connectivity index (χ4v) is 2.31. The van der Waals surface area contributed by atoms with Crippen LogP contribution in [0.3, 0.4) is 0 Å². The lowest BCUT2D eigenvalue weighted by Crippen LogP contribution is -2.28. The van der Waals surface area contributed by atoms with E-state index in [2.05, 4.69) is 22.5 Å². The van der Waals surface area contributed by atoms with E-state index < -0.39 is 11.8 Å². The summed E-state index contributed by atoms with van der Waals surface area (Å²) < 4.78 is 0. The summed E-state index contributed by atoms with van der Waals surface area (Å²) in [6, 6.07) is 0. The third kappa shape index (κ3) is 2.40. The lowest BCUT2D eigenvalue weighted by atomic mass is 9.80. The van der Waals surface area contributed by atoms with Gasteiger partial charge in [-0.15, -0.1) is 0 Å². The highest BCUT2D eigenvalue weighted by Crippen LogP contribution is 2.29. The van der Waals surface area contributed by atoms with E-state index in [1.165, 1.54) is 25.7 Å². The van der Waals surface area contributed by atoms with Gasteiger partial charge in [-0.05, 0) is 18.3 Å². The predicted octanol–water partition coefficient (Wildman–Crippen LogP) is 0.415. The number of rotatable bonds is 2. The van der Waals surface area contributed by atoms with Crippen LogP contribution in [0.25, 0.3) is 0 Å². The number of carbonyl (C=O) groups is 2. The predicted molar refractivity (Wildman–Crippen MR) is 59.7 cm³/mol. The van der Waals surface area contributed by atoms with Crippen LogP contribution in [0, 0.1) is 11.8 Å². The third-order valence-electron chi connectivity index (χ3n) is 3.44. The number of nitrogens with zero attached hydrogens (tertiary/aromatic N) is 1. The zero-order valence-electron chi connectivity index (χ0n) is 9.45. The largest absolute Gasteiger partial charge is 0.316 e. The Morgan fingerprint density at radius 1 is 1.19 bits per heavy atom. The smallest absolute Gasteiger partial charge is 0.288 e. The molecular formula is C11H17N3O2. The number of guanidine groups is 1. The van der Waals surface area contributed by atoms with E-state index in [1.54, 1.807) is 0 Å². The van der Waals surface area contributed by atoms with Crippen molar-refractivity contribution in [1.82, 2.24) is 10.6 Å². The average molecular weight is 223 g/mol. The van der Waals surface area contributed by atoms with Crippen molar-refractivity contribution in [2.45, 2.75) is 32.6 Å². The molecule has 0 aromatic carbocycles. The van der Waals surface area contributed by atoms with Gasteiger partial charge in [-0.3, -0.25) is 25.2 Å². The third-order valence-corrected chi connectivity index (χ3v) is 3.44. The molecule has 88 valence electrons. The minimum atomic E-state index is -0.615. The Bertz CT molecular complexity index is 320. The molecule has 5 nitrogen and oxygen atoms in total. The first kappa shape index (κ1) is 11.1. The molecule has 1 saturated carbocycles. The zero-order chi connectivity index (χ0) is 11.5. The Balaban J connectivity index is 1.88. The van der Waals surface area contributed by atoms with E-state index >= 15 is 0 Å². The van der Waals surface area contributed by atoms with Crippen molar-refractivity contribution >= 4 is 17.8 Å². The molecule has 1 heterocycles. The molecule has 1 aliphatic heterocycles. The van der Waals surface area contributed by atoms with Gasteiger partial charge in [0.2, 0.25) is 5.96 Å². The monoisotopic (exact) mass is 223 g/mol. The van der Waals surface area contributed by atoms with Crippen LogP contribution in [0.1, 0.15) is 32.6 Å². The molecule has 2 aliphatic rings. The minimum absolute atomic E-state index is 0.313. The van der Waals surface area contributed by atoms with Gasteiger partial charge in [0.1, 0.15) is 0 Å². The van der Waals surface area contributed by atoms with Crippen molar-refractivity contribution in [3.05, 3.63) is 0 Å². The molecular weight excluding hydrogens is 206 g/mol. The summed E-state index contributed by atoms with van der Waals surface area (Å²) >= 11 is 0. The molecule has 0 spiro atoms. The van der Waals surface area contributed by atoms with Crippen LogP contribution in [-0.2, 0) is 9.59 Å². The van der Waals surface area contributed by atoms with Crippen LogP contribution in [0.5, 0.6) is 0 Å². The Kier molecular flexibility index (Phi) is 3.22. The van der Waals surface area contributed by atoms with E-state index in [0.717, 1.165) is 0 Å². The highest BCUT2D eigenvalue weighted by molar-refractivity contribution is 6.45. The van der Waals surface area contributed by atoms with Crippen LogP contribution >= 0.6 is 0 Å². The molecule has 5 heteroatoms. The van der Waals surface area contributed by atoms with Crippen molar-refractivity contribution in [2.24, 2.45) is 16.8 Å². The summed E-state index contributed by atoms with van der Waals surface area (Å²) in [6.45, 7) is 2.94. The first-order valence-corrected chi connectivity index (χ1v) is 5.83. The standard InChI is InChI=1S/C11H17N3O2/c1-7-4-2-3-5-8(7)6-12-11-13-9(15)10(16)14-11/h7-8H,2-6H2,1H3,(H2,12,13,14,15,16). The van der Waals surface area contributed by atoms with Crippen molar-refractivity contribution in [3.63, 3.8) is 0 Å². The SMILES string of the molecule is CC1CCCCC1CN=C1NC(=O)C(=O)N1. The normalized spacial score (nSPS) is 29.9. The number of hydrogen-bond acceptors (Lipinski definition) is 3. The van der Waals surface area contributed by atoms with Crippen molar-refractivity contribution < 1.29 is 9.59 Å². The highest BCUT2D eigenvalue weighted by atomic mass is 16.2. The number of carbonyl (C=O) groups excluding carboxylic acids is 2. The summed E-state index contributed by atoms with van der Waals surface area (Å²) in [4.78, 5) is 26.0. The second kappa shape index (κ2) is 4.63. The molecule has 1 aliphatic carbocycles. The van der Waals surface area contributed by atoms with Crippen molar-refractivity contribution in [2.75, 3.05) is 6.54 Å². The van der Waals surface area contributed by atoms with Gasteiger partial charge in [0.15, 0.2) is 0 Å². The highest BCUT2D eigenvalue weighted by Gasteiger charge is 2.26. The van der Waals surface area contributed by atoms with Crippen molar-refractivity contribution in [1.29, 1.82) is 0 Å². The lowest BCUT2D eigenvalue weighted by Gasteiger charge is -2.27. The first-order chi connectivity index (χ1) is 7.66. The molecule has 16 heavy (non-hydrogen) atoms. The van der Waals surface area contributed by atoms with Gasteiger partial charge in [0, 0.05) is 6.54 Å². The van der Waals surface area contributed by atoms with Gasteiger partial charge in [0.25, 0.3) is 0 Å². The van der Waals surface area contributed by atoms with Gasteiger partial charge in [-0.1, -0.05) is 26.2 Å². The van der Waals surface area contributed by atoms with Crippen LogP contribution < -0.4 is 10.6 Å². The quantitative estimate of drug-likeness (QED) is 0.666. The van der Waals surface area contributed by atoms with Crippen LogP contribution in [-0.4, -0.2) is 24.3 Å². The fourth-order valence-electron chi connectivity index (χ4n) is 2.31. The van der Waals surface area contributed by atoms with E-state index in [-0.39, 0.29) is 0 Å². The number of nitrogens with one attached hydrogen (secondary N) is 2. The molecule has 2 rings (SSSR count). The molecule has 0 aromatic heterocycles. The maximum absolute atomic E-state index is 10.9. The van der Waals surface area contributed by atoms with E-state index in [9.17, 15) is 9.59 Å². The molecule has 0 aromatic rings. The lowest BCUT2D eigenvalue weighted by molar-refractivity contribution is -0.135. The average Bonchev–Trinajstić information content (AvgIpc) is 2.57. The maximum Gasteiger partial charge on any atom is 0.316 e. The molecule has 2 fully saturated rings. The fraction of sp³-hybridized carbons (Fsp3) is 0.727. The summed E-state index contributed by atoms with van der Waals surface area (Å²) in [7, 11) is 0. The zero-order valence-corrected chi connectivity index (χ0v) is 9.45. The number of aliphatic imine (C=N–C) groups is 1. The number of amides is 2. The van der Waals surface area contributed by atoms with Crippen LogP contribution in [0.2, 0.25) is 0 Å². The molecule has 2 N–H and O–H groups in total. The number of hydrogen-bond donors (Lipinski definition) is 2. The molecule has 0 bridgehead atoms. The van der Waals surface area contributed by atoms with E-state index in [4.69, 9.17) is 0 Å². The van der Waals surface area contributed by atoms with Gasteiger partial charge in [-0.25, -0.2) is 0 Å². The van der Waals surface area contributed by atoms with E-state index in [0.29, 0.717) is 24.3 Å². The summed E-state index contributed by atoms with van der Waals surface area (Å²) in [5.41, 5.74) is 0. The van der Waals surface area contributed by atoms with Gasteiger partial charge < -0.3 is 0 Å².